The highest BCUT2D eigenvalue weighted by Gasteiger charge is 2.29. The summed E-state index contributed by atoms with van der Waals surface area (Å²) >= 11 is 0. The number of hydrogen-bond acceptors (Lipinski definition) is 7. The van der Waals surface area contributed by atoms with Crippen molar-refractivity contribution in [1.82, 2.24) is 24.6 Å². The molecule has 1 amide bonds. The number of aliphatic hydroxyl groups excluding tert-OH is 1. The standard InChI is InChI=1S/C31H35FN6O3/c1-3-41-18-19(2)22-7-9-28(36-26(22)16-37-11-4-5-21(37)17-39)35-25-8-6-23(24-14-34-31(40)30(24)25)27-15-33-29-13-20(32)10-12-38(27)29/h6-10,12-13,15,19,21,39H,3-5,11,14,16-18H2,1-2H3,(H,34,40)(H,35,36)/t19-,21+/m0/s1. The molecular formula is C31H35FN6O3. The van der Waals surface area contributed by atoms with E-state index in [1.54, 1.807) is 12.4 Å². The van der Waals surface area contributed by atoms with Crippen molar-refractivity contribution >= 4 is 23.1 Å². The molecule has 0 bridgehead atoms. The molecule has 0 spiro atoms. The summed E-state index contributed by atoms with van der Waals surface area (Å²) in [7, 11) is 0. The summed E-state index contributed by atoms with van der Waals surface area (Å²) in [4.78, 5) is 24.7. The number of pyridine rings is 2. The van der Waals surface area contributed by atoms with Gasteiger partial charge >= 0.3 is 0 Å². The van der Waals surface area contributed by atoms with Crippen molar-refractivity contribution < 1.29 is 19.0 Å². The third-order valence-corrected chi connectivity index (χ3v) is 8.15. The fourth-order valence-electron chi connectivity index (χ4n) is 6.03. The van der Waals surface area contributed by atoms with E-state index in [-0.39, 0.29) is 30.3 Å². The van der Waals surface area contributed by atoms with Gasteiger partial charge in [-0.3, -0.25) is 14.1 Å². The number of anilines is 2. The van der Waals surface area contributed by atoms with Gasteiger partial charge < -0.3 is 20.5 Å². The molecule has 0 aliphatic carbocycles. The fraction of sp³-hybridized carbons (Fsp3) is 0.387. The molecule has 3 N–H and O–H groups in total. The summed E-state index contributed by atoms with van der Waals surface area (Å²) in [5, 5.41) is 16.2. The molecule has 1 saturated heterocycles. The lowest BCUT2D eigenvalue weighted by Crippen LogP contribution is -2.32. The molecule has 5 heterocycles. The van der Waals surface area contributed by atoms with Crippen LogP contribution in [0.25, 0.3) is 16.9 Å². The maximum absolute atomic E-state index is 13.7. The van der Waals surface area contributed by atoms with E-state index < -0.39 is 0 Å². The number of rotatable bonds is 10. The average molecular weight is 559 g/mol. The van der Waals surface area contributed by atoms with Crippen LogP contribution in [0.2, 0.25) is 0 Å². The number of aromatic nitrogens is 3. The van der Waals surface area contributed by atoms with Gasteiger partial charge in [-0.05, 0) is 55.6 Å². The van der Waals surface area contributed by atoms with E-state index in [2.05, 4.69) is 33.5 Å². The van der Waals surface area contributed by atoms with Crippen LogP contribution in [-0.2, 0) is 17.8 Å². The molecule has 4 aromatic rings. The quantitative estimate of drug-likeness (QED) is 0.261. The van der Waals surface area contributed by atoms with Crippen molar-refractivity contribution in [2.24, 2.45) is 0 Å². The van der Waals surface area contributed by atoms with Crippen molar-refractivity contribution in [3.8, 4) is 11.3 Å². The number of nitrogens with zero attached hydrogens (tertiary/aromatic N) is 4. The van der Waals surface area contributed by atoms with Gasteiger partial charge in [-0.15, -0.1) is 0 Å². The summed E-state index contributed by atoms with van der Waals surface area (Å²) in [5.74, 6) is 0.300. The highest BCUT2D eigenvalue weighted by atomic mass is 19.1. The first-order valence-electron chi connectivity index (χ1n) is 14.2. The molecule has 6 rings (SSSR count). The zero-order chi connectivity index (χ0) is 28.5. The van der Waals surface area contributed by atoms with Crippen LogP contribution in [-0.4, -0.2) is 62.7 Å². The monoisotopic (exact) mass is 558 g/mol. The molecule has 0 saturated carbocycles. The largest absolute Gasteiger partial charge is 0.395 e. The lowest BCUT2D eigenvalue weighted by atomic mass is 9.98. The van der Waals surface area contributed by atoms with E-state index in [1.165, 1.54) is 12.1 Å². The van der Waals surface area contributed by atoms with Crippen LogP contribution in [0.15, 0.2) is 48.8 Å². The Balaban J connectivity index is 1.34. The number of fused-ring (bicyclic) bond motifs is 2. The zero-order valence-electron chi connectivity index (χ0n) is 23.4. The van der Waals surface area contributed by atoms with Crippen LogP contribution >= 0.6 is 0 Å². The van der Waals surface area contributed by atoms with Crippen LogP contribution in [0.4, 0.5) is 15.9 Å². The number of halogens is 1. The average Bonchev–Trinajstić information content (AvgIpc) is 3.71. The fourth-order valence-corrected chi connectivity index (χ4v) is 6.03. The predicted molar refractivity (Wildman–Crippen MR) is 155 cm³/mol. The van der Waals surface area contributed by atoms with Crippen molar-refractivity contribution in [3.05, 3.63) is 77.0 Å². The molecular weight excluding hydrogens is 523 g/mol. The van der Waals surface area contributed by atoms with Crippen LogP contribution in [0.5, 0.6) is 0 Å². The van der Waals surface area contributed by atoms with Crippen molar-refractivity contribution in [1.29, 1.82) is 0 Å². The maximum atomic E-state index is 13.7. The first kappa shape index (κ1) is 27.3. The molecule has 1 fully saturated rings. The van der Waals surface area contributed by atoms with Crippen molar-refractivity contribution in [3.63, 3.8) is 0 Å². The van der Waals surface area contributed by atoms with Gasteiger partial charge in [-0.1, -0.05) is 19.1 Å². The number of likely N-dealkylation sites (tertiary alicyclic amines) is 1. The van der Waals surface area contributed by atoms with E-state index in [9.17, 15) is 14.3 Å². The zero-order valence-corrected chi connectivity index (χ0v) is 23.4. The Labute approximate surface area is 238 Å². The van der Waals surface area contributed by atoms with Gasteiger partial charge in [0, 0.05) is 49.5 Å². The van der Waals surface area contributed by atoms with Crippen molar-refractivity contribution in [2.45, 2.75) is 51.7 Å². The first-order valence-corrected chi connectivity index (χ1v) is 14.2. The Morgan fingerprint density at radius 2 is 2.15 bits per heavy atom. The molecule has 2 aliphatic rings. The number of aliphatic hydroxyl groups is 1. The Kier molecular flexibility index (Phi) is 7.70. The van der Waals surface area contributed by atoms with Crippen LogP contribution in [0, 0.1) is 5.82 Å². The Morgan fingerprint density at radius 1 is 1.27 bits per heavy atom. The molecule has 214 valence electrons. The molecule has 2 aliphatic heterocycles. The number of benzene rings is 1. The Bertz CT molecular complexity index is 1590. The van der Waals surface area contributed by atoms with Gasteiger partial charge in [0.2, 0.25) is 0 Å². The second-order valence-electron chi connectivity index (χ2n) is 10.8. The third-order valence-electron chi connectivity index (χ3n) is 8.15. The molecule has 3 aromatic heterocycles. The van der Waals surface area contributed by atoms with Gasteiger partial charge in [0.25, 0.3) is 5.91 Å². The molecule has 9 nitrogen and oxygen atoms in total. The molecule has 2 atom stereocenters. The number of nitrogens with one attached hydrogen (secondary N) is 2. The van der Waals surface area contributed by atoms with Gasteiger partial charge in [0.1, 0.15) is 17.3 Å². The number of carbonyl (C=O) groups is 1. The van der Waals surface area contributed by atoms with Gasteiger partial charge in [0.15, 0.2) is 0 Å². The number of carbonyl (C=O) groups excluding carboxylic acids is 1. The minimum Gasteiger partial charge on any atom is -0.395 e. The second-order valence-corrected chi connectivity index (χ2v) is 10.8. The highest BCUT2D eigenvalue weighted by Crippen LogP contribution is 2.36. The summed E-state index contributed by atoms with van der Waals surface area (Å²) in [6.45, 7) is 7.47. The number of amides is 1. The lowest BCUT2D eigenvalue weighted by Gasteiger charge is -2.25. The van der Waals surface area contributed by atoms with E-state index in [1.807, 2.05) is 29.5 Å². The topological polar surface area (TPSA) is 104 Å². The molecule has 1 aromatic carbocycles. The molecule has 10 heteroatoms. The normalized spacial score (nSPS) is 17.7. The Morgan fingerprint density at radius 3 is 2.98 bits per heavy atom. The summed E-state index contributed by atoms with van der Waals surface area (Å²) in [6, 6.07) is 10.8. The van der Waals surface area contributed by atoms with Crippen LogP contribution in [0.3, 0.4) is 0 Å². The SMILES string of the molecule is CCOC[C@H](C)c1ccc(Nc2ccc(-c3cnc4cc(F)ccn34)c3c2C(=O)NC3)nc1CN1CCC[C@@H]1CO. The Hall–Kier alpha value is -3.86. The number of hydrogen-bond donors (Lipinski definition) is 3. The smallest absolute Gasteiger partial charge is 0.254 e. The molecule has 0 radical (unpaired) electrons. The van der Waals surface area contributed by atoms with E-state index in [0.29, 0.717) is 49.0 Å². The third kappa shape index (κ3) is 5.30. The summed E-state index contributed by atoms with van der Waals surface area (Å²) in [5.41, 5.74) is 6.31. The summed E-state index contributed by atoms with van der Waals surface area (Å²) < 4.78 is 21.3. The minimum absolute atomic E-state index is 0.136. The number of imidazole rings is 1. The molecule has 41 heavy (non-hydrogen) atoms. The summed E-state index contributed by atoms with van der Waals surface area (Å²) in [6.07, 6.45) is 5.39. The molecule has 0 unspecified atom stereocenters. The predicted octanol–water partition coefficient (Wildman–Crippen LogP) is 4.62. The van der Waals surface area contributed by atoms with E-state index in [4.69, 9.17) is 9.72 Å². The first-order chi connectivity index (χ1) is 20.0. The van der Waals surface area contributed by atoms with Crippen LogP contribution < -0.4 is 10.6 Å². The van der Waals surface area contributed by atoms with E-state index >= 15 is 0 Å². The lowest BCUT2D eigenvalue weighted by molar-refractivity contribution is 0.0966. The van der Waals surface area contributed by atoms with Gasteiger partial charge in [0.05, 0.1) is 42.0 Å². The maximum Gasteiger partial charge on any atom is 0.254 e. The number of ether oxygens (including phenoxy) is 1. The van der Waals surface area contributed by atoms with Gasteiger partial charge in [-0.25, -0.2) is 14.4 Å². The van der Waals surface area contributed by atoms with Crippen molar-refractivity contribution in [2.75, 3.05) is 31.7 Å². The van der Waals surface area contributed by atoms with E-state index in [0.717, 1.165) is 47.5 Å². The second kappa shape index (κ2) is 11.6. The van der Waals surface area contributed by atoms with Gasteiger partial charge in [-0.2, -0.15) is 0 Å². The minimum atomic E-state index is -0.349. The highest BCUT2D eigenvalue weighted by molar-refractivity contribution is 6.06. The van der Waals surface area contributed by atoms with Crippen LogP contribution in [0.1, 0.15) is 59.8 Å².